The summed E-state index contributed by atoms with van der Waals surface area (Å²) in [6.45, 7) is 0. The fraction of sp³-hybridized carbons (Fsp3) is 0.188. The number of halogens is 1. The molecule has 110 valence electrons. The molecule has 1 saturated carbocycles. The molecular weight excluding hydrogens is 285 g/mol. The number of benzene rings is 1. The van der Waals surface area contributed by atoms with Crippen LogP contribution in [0.25, 0.3) is 22.4 Å². The van der Waals surface area contributed by atoms with Gasteiger partial charge in [0.2, 0.25) is 0 Å². The first-order valence-electron chi connectivity index (χ1n) is 6.99. The van der Waals surface area contributed by atoms with Gasteiger partial charge in [0.15, 0.2) is 0 Å². The fourth-order valence-corrected chi connectivity index (χ4v) is 2.67. The normalized spacial score (nSPS) is 14.4. The van der Waals surface area contributed by atoms with E-state index in [1.54, 1.807) is 24.4 Å². The molecule has 6 heteroatoms. The molecule has 2 aromatic heterocycles. The molecule has 1 fully saturated rings. The summed E-state index contributed by atoms with van der Waals surface area (Å²) in [4.78, 5) is 19.5. The summed E-state index contributed by atoms with van der Waals surface area (Å²) in [5.74, 6) is -0.776. The second kappa shape index (κ2) is 4.62. The van der Waals surface area contributed by atoms with Crippen LogP contribution in [0.1, 0.15) is 29.2 Å². The third-order valence-electron chi connectivity index (χ3n) is 3.81. The third-order valence-corrected chi connectivity index (χ3v) is 3.81. The van der Waals surface area contributed by atoms with Crippen molar-refractivity contribution in [2.24, 2.45) is 0 Å². The molecule has 0 atom stereocenters. The Morgan fingerprint density at radius 2 is 2.09 bits per heavy atom. The predicted octanol–water partition coefficient (Wildman–Crippen LogP) is 3.27. The number of pyridine rings is 1. The molecule has 5 nitrogen and oxygen atoms in total. The van der Waals surface area contributed by atoms with E-state index in [0.29, 0.717) is 22.9 Å². The van der Waals surface area contributed by atoms with Gasteiger partial charge in [-0.3, -0.25) is 4.98 Å². The van der Waals surface area contributed by atoms with Gasteiger partial charge in [-0.15, -0.1) is 0 Å². The van der Waals surface area contributed by atoms with Crippen LogP contribution < -0.4 is 0 Å². The van der Waals surface area contributed by atoms with Gasteiger partial charge in [-0.25, -0.2) is 14.2 Å². The maximum Gasteiger partial charge on any atom is 0.335 e. The Bertz CT molecular complexity index is 900. The van der Waals surface area contributed by atoms with Crippen LogP contribution in [0.5, 0.6) is 0 Å². The second-order valence-corrected chi connectivity index (χ2v) is 5.44. The summed E-state index contributed by atoms with van der Waals surface area (Å²) >= 11 is 0. The minimum absolute atomic E-state index is 0.192. The van der Waals surface area contributed by atoms with Crippen molar-refractivity contribution in [1.29, 1.82) is 0 Å². The topological polar surface area (TPSA) is 68.0 Å². The van der Waals surface area contributed by atoms with Crippen molar-refractivity contribution in [2.75, 3.05) is 0 Å². The zero-order valence-corrected chi connectivity index (χ0v) is 11.5. The van der Waals surface area contributed by atoms with Crippen LogP contribution in [0.3, 0.4) is 0 Å². The summed E-state index contributed by atoms with van der Waals surface area (Å²) in [5, 5.41) is 9.10. The second-order valence-electron chi connectivity index (χ2n) is 5.44. The van der Waals surface area contributed by atoms with Crippen molar-refractivity contribution in [3.8, 4) is 11.4 Å². The molecule has 1 aromatic carbocycles. The summed E-state index contributed by atoms with van der Waals surface area (Å²) < 4.78 is 15.5. The molecule has 1 aliphatic rings. The number of rotatable bonds is 3. The number of aromatic nitrogens is 3. The van der Waals surface area contributed by atoms with Crippen molar-refractivity contribution in [1.82, 2.24) is 14.5 Å². The molecule has 0 spiro atoms. The number of hydrogen-bond acceptors (Lipinski definition) is 3. The average Bonchev–Trinajstić information content (AvgIpc) is 3.26. The Hall–Kier alpha value is -2.76. The lowest BCUT2D eigenvalue weighted by Gasteiger charge is -2.07. The molecule has 3 aromatic rings. The largest absolute Gasteiger partial charge is 0.478 e. The Morgan fingerprint density at radius 1 is 1.27 bits per heavy atom. The van der Waals surface area contributed by atoms with Gasteiger partial charge >= 0.3 is 5.97 Å². The van der Waals surface area contributed by atoms with E-state index in [2.05, 4.69) is 14.5 Å². The van der Waals surface area contributed by atoms with Crippen LogP contribution in [0.4, 0.5) is 4.39 Å². The maximum atomic E-state index is 13.4. The number of imidazole rings is 1. The van der Waals surface area contributed by atoms with Gasteiger partial charge in [0, 0.05) is 17.8 Å². The predicted molar refractivity (Wildman–Crippen MR) is 78.2 cm³/mol. The van der Waals surface area contributed by atoms with E-state index in [1.807, 2.05) is 0 Å². The van der Waals surface area contributed by atoms with E-state index in [4.69, 9.17) is 5.11 Å². The van der Waals surface area contributed by atoms with Crippen LogP contribution in [-0.2, 0) is 0 Å². The average molecular weight is 297 g/mol. The highest BCUT2D eigenvalue weighted by atomic mass is 19.1. The van der Waals surface area contributed by atoms with Crippen molar-refractivity contribution < 1.29 is 14.3 Å². The number of nitrogens with zero attached hydrogens (tertiary/aromatic N) is 3. The minimum Gasteiger partial charge on any atom is -0.478 e. The molecule has 0 aliphatic heterocycles. The summed E-state index contributed by atoms with van der Waals surface area (Å²) in [7, 11) is 0. The highest BCUT2D eigenvalue weighted by Gasteiger charge is 2.29. The van der Waals surface area contributed by atoms with Gasteiger partial charge in [0.1, 0.15) is 11.6 Å². The maximum absolute atomic E-state index is 13.4. The van der Waals surface area contributed by atoms with E-state index in [1.165, 1.54) is 6.07 Å². The van der Waals surface area contributed by atoms with E-state index in [0.717, 1.165) is 24.6 Å². The van der Waals surface area contributed by atoms with E-state index in [-0.39, 0.29) is 5.56 Å². The number of carbonyl (C=O) groups is 1. The monoisotopic (exact) mass is 297 g/mol. The van der Waals surface area contributed by atoms with Crippen LogP contribution >= 0.6 is 0 Å². The van der Waals surface area contributed by atoms with Gasteiger partial charge in [0.05, 0.1) is 22.8 Å². The molecule has 2 heterocycles. The van der Waals surface area contributed by atoms with Gasteiger partial charge in [-0.05, 0) is 37.1 Å². The first-order chi connectivity index (χ1) is 10.6. The number of aromatic carboxylic acids is 1. The van der Waals surface area contributed by atoms with Crippen molar-refractivity contribution in [2.45, 2.75) is 18.9 Å². The first-order valence-corrected chi connectivity index (χ1v) is 6.99. The molecule has 0 radical (unpaired) electrons. The van der Waals surface area contributed by atoms with Crippen molar-refractivity contribution in [3.05, 3.63) is 48.0 Å². The smallest absolute Gasteiger partial charge is 0.335 e. The van der Waals surface area contributed by atoms with E-state index in [9.17, 15) is 9.18 Å². The Morgan fingerprint density at radius 3 is 2.77 bits per heavy atom. The van der Waals surface area contributed by atoms with Crippen molar-refractivity contribution >= 4 is 17.0 Å². The molecule has 1 aliphatic carbocycles. The lowest BCUT2D eigenvalue weighted by atomic mass is 10.2. The molecular formula is C16H12FN3O2. The fourth-order valence-electron chi connectivity index (χ4n) is 2.67. The number of carboxylic acid groups (broad SMARTS) is 1. The quantitative estimate of drug-likeness (QED) is 0.805. The molecule has 0 unspecified atom stereocenters. The van der Waals surface area contributed by atoms with Crippen LogP contribution in [0, 0.1) is 5.82 Å². The lowest BCUT2D eigenvalue weighted by molar-refractivity contribution is 0.0697. The zero-order valence-electron chi connectivity index (χ0n) is 11.5. The number of fused-ring (bicyclic) bond motifs is 1. The molecule has 0 saturated heterocycles. The van der Waals surface area contributed by atoms with Crippen LogP contribution in [0.15, 0.2) is 36.7 Å². The SMILES string of the molecule is O=C(O)c1ccc2c(c1)nc(-c1cncc(F)c1)n2C1CC1. The van der Waals surface area contributed by atoms with Gasteiger partial charge in [0.25, 0.3) is 0 Å². The number of carboxylic acids is 1. The first kappa shape index (κ1) is 12.9. The highest BCUT2D eigenvalue weighted by molar-refractivity contribution is 5.93. The Kier molecular flexibility index (Phi) is 2.72. The summed E-state index contributed by atoms with van der Waals surface area (Å²) in [5.41, 5.74) is 2.26. The Balaban J connectivity index is 1.97. The standard InChI is InChI=1S/C16H12FN3O2/c17-11-5-10(7-18-8-11)15-19-13-6-9(16(21)22)1-4-14(13)20(15)12-2-3-12/h1,4-8,12H,2-3H2,(H,21,22). The van der Waals surface area contributed by atoms with Crippen molar-refractivity contribution in [3.63, 3.8) is 0 Å². The van der Waals surface area contributed by atoms with E-state index < -0.39 is 11.8 Å². The summed E-state index contributed by atoms with van der Waals surface area (Å²) in [6, 6.07) is 6.61. The molecule has 0 bridgehead atoms. The Labute approximate surface area is 125 Å². The molecule has 1 N–H and O–H groups in total. The summed E-state index contributed by atoms with van der Waals surface area (Å²) in [6.07, 6.45) is 4.81. The lowest BCUT2D eigenvalue weighted by Crippen LogP contribution is -1.99. The highest BCUT2D eigenvalue weighted by Crippen LogP contribution is 2.41. The molecule has 4 rings (SSSR count). The van der Waals surface area contributed by atoms with Crippen LogP contribution in [0.2, 0.25) is 0 Å². The zero-order chi connectivity index (χ0) is 15.3. The van der Waals surface area contributed by atoms with Crippen LogP contribution in [-0.4, -0.2) is 25.6 Å². The van der Waals surface area contributed by atoms with Gasteiger partial charge in [-0.2, -0.15) is 0 Å². The molecule has 22 heavy (non-hydrogen) atoms. The molecule has 0 amide bonds. The van der Waals surface area contributed by atoms with Gasteiger partial charge < -0.3 is 9.67 Å². The number of hydrogen-bond donors (Lipinski definition) is 1. The van der Waals surface area contributed by atoms with E-state index >= 15 is 0 Å². The third kappa shape index (κ3) is 2.04. The minimum atomic E-state index is -0.989. The van der Waals surface area contributed by atoms with Gasteiger partial charge in [-0.1, -0.05) is 0 Å².